The summed E-state index contributed by atoms with van der Waals surface area (Å²) in [7, 11) is 0. The Balaban J connectivity index is 0.00000181. The van der Waals surface area contributed by atoms with Gasteiger partial charge in [-0.15, -0.1) is 0 Å². The first kappa shape index (κ1) is 18.2. The Bertz CT molecular complexity index is 1450. The molecule has 0 aliphatic rings. The van der Waals surface area contributed by atoms with Gasteiger partial charge >= 0.3 is 0 Å². The number of aromatic nitrogens is 3. The summed E-state index contributed by atoms with van der Waals surface area (Å²) in [4.78, 5) is 0. The predicted molar refractivity (Wildman–Crippen MR) is 116 cm³/mol. The molecule has 6 rings (SSSR count). The predicted octanol–water partition coefficient (Wildman–Crippen LogP) is 6.23. The molecule has 3 aromatic carbocycles. The van der Waals surface area contributed by atoms with Crippen molar-refractivity contribution < 1.29 is 20.1 Å². The molecule has 0 aliphatic heterocycles. The molecule has 1 radical (unpaired) electrons. The number of fused-ring (bicyclic) bond motifs is 6. The van der Waals surface area contributed by atoms with Gasteiger partial charge in [-0.3, -0.25) is 4.52 Å². The Kier molecular flexibility index (Phi) is 4.51. The van der Waals surface area contributed by atoms with Crippen LogP contribution in [0.15, 0.2) is 84.4 Å². The molecule has 3 heterocycles. The van der Waals surface area contributed by atoms with E-state index in [0.717, 1.165) is 27.7 Å². The van der Waals surface area contributed by atoms with E-state index in [1.165, 1.54) is 33.4 Å². The third-order valence-electron chi connectivity index (χ3n) is 5.22. The molecule has 0 unspecified atom stereocenters. The average molecular weight is 569 g/mol. The third-order valence-corrected chi connectivity index (χ3v) is 5.78. The quantitative estimate of drug-likeness (QED) is 0.183. The number of hydrogen-bond acceptors (Lipinski definition) is 3. The molecule has 0 saturated carbocycles. The summed E-state index contributed by atoms with van der Waals surface area (Å²) >= 11 is 1.47. The minimum atomic E-state index is 0. The van der Waals surface area contributed by atoms with Crippen LogP contribution in [0.25, 0.3) is 49.6 Å². The summed E-state index contributed by atoms with van der Waals surface area (Å²) in [6.07, 6.45) is 1.85. The summed E-state index contributed by atoms with van der Waals surface area (Å²) in [6, 6.07) is 28.8. The fourth-order valence-electron chi connectivity index (χ4n) is 3.96. The van der Waals surface area contributed by atoms with E-state index in [0.29, 0.717) is 0 Å². The van der Waals surface area contributed by atoms with E-state index in [-0.39, 0.29) is 20.1 Å². The van der Waals surface area contributed by atoms with Gasteiger partial charge in [0, 0.05) is 31.7 Å². The van der Waals surface area contributed by atoms with Crippen LogP contribution in [0, 0.1) is 6.07 Å². The van der Waals surface area contributed by atoms with Crippen molar-refractivity contribution in [1.82, 2.24) is 14.0 Å². The molecule has 0 N–H and O–H groups in total. The van der Waals surface area contributed by atoms with Gasteiger partial charge in [-0.1, -0.05) is 64.9 Å². The van der Waals surface area contributed by atoms with Gasteiger partial charge in [0.2, 0.25) is 0 Å². The molecule has 0 amide bonds. The van der Waals surface area contributed by atoms with E-state index >= 15 is 0 Å². The van der Waals surface area contributed by atoms with Crippen LogP contribution in [0.5, 0.6) is 0 Å². The Labute approximate surface area is 185 Å². The Morgan fingerprint density at radius 1 is 0.862 bits per heavy atom. The van der Waals surface area contributed by atoms with Gasteiger partial charge in [-0.25, -0.2) is 0 Å². The Hall–Kier alpha value is -2.85. The first-order valence-electron chi connectivity index (χ1n) is 9.10. The second-order valence-corrected chi connectivity index (χ2v) is 7.42. The van der Waals surface area contributed by atoms with Crippen LogP contribution in [-0.2, 0) is 20.1 Å². The van der Waals surface area contributed by atoms with Crippen LogP contribution in [-0.4, -0.2) is 14.0 Å². The molecule has 0 spiro atoms. The van der Waals surface area contributed by atoms with Crippen molar-refractivity contribution in [3.8, 4) is 22.4 Å². The number of hydrogen-bond donors (Lipinski definition) is 0. The number of pyridine rings is 1. The van der Waals surface area contributed by atoms with Crippen molar-refractivity contribution in [1.29, 1.82) is 0 Å². The van der Waals surface area contributed by atoms with E-state index in [2.05, 4.69) is 76.2 Å². The van der Waals surface area contributed by atoms with Crippen molar-refractivity contribution in [2.75, 3.05) is 0 Å². The number of benzene rings is 3. The maximum absolute atomic E-state index is 4.59. The molecule has 29 heavy (non-hydrogen) atoms. The Morgan fingerprint density at radius 2 is 1.76 bits per heavy atom. The van der Waals surface area contributed by atoms with E-state index in [4.69, 9.17) is 0 Å². The van der Waals surface area contributed by atoms with E-state index in [1.54, 1.807) is 0 Å². The molecule has 3 aromatic heterocycles. The molecular weight excluding hydrogens is 555 g/mol. The zero-order chi connectivity index (χ0) is 18.5. The van der Waals surface area contributed by atoms with E-state index < -0.39 is 0 Å². The standard InChI is InChI=1S/C24H14N3S.Ir/c1-2-5-16(6-3-1)17-9-10-18-20(15-17)24-19(21-12-14-28-26-21)7-4-8-23(24)27-22(18)11-13-25-27;/h1-7,9-15H;/q-1;. The van der Waals surface area contributed by atoms with Gasteiger partial charge in [-0.05, 0) is 45.7 Å². The monoisotopic (exact) mass is 569 g/mol. The van der Waals surface area contributed by atoms with Gasteiger partial charge in [0.05, 0.1) is 11.2 Å². The Morgan fingerprint density at radius 3 is 2.59 bits per heavy atom. The van der Waals surface area contributed by atoms with Crippen LogP contribution in [0.1, 0.15) is 0 Å². The first-order chi connectivity index (χ1) is 13.9. The van der Waals surface area contributed by atoms with E-state index in [9.17, 15) is 0 Å². The number of nitrogens with zero attached hydrogens (tertiary/aromatic N) is 3. The van der Waals surface area contributed by atoms with Crippen molar-refractivity contribution >= 4 is 38.7 Å². The first-order valence-corrected chi connectivity index (χ1v) is 9.94. The molecule has 6 aromatic rings. The van der Waals surface area contributed by atoms with Gasteiger partial charge in [0.25, 0.3) is 0 Å². The largest absolute Gasteiger partial charge is 0.257 e. The minimum Gasteiger partial charge on any atom is -0.257 e. The van der Waals surface area contributed by atoms with Gasteiger partial charge in [0.15, 0.2) is 0 Å². The zero-order valence-corrected chi connectivity index (χ0v) is 18.4. The summed E-state index contributed by atoms with van der Waals surface area (Å²) in [5, 5.41) is 10.1. The van der Waals surface area contributed by atoms with Gasteiger partial charge in [-0.2, -0.15) is 27.7 Å². The summed E-state index contributed by atoms with van der Waals surface area (Å²) in [5.41, 5.74) is 6.58. The van der Waals surface area contributed by atoms with Crippen LogP contribution in [0.3, 0.4) is 0 Å². The molecule has 141 valence electrons. The molecule has 0 aliphatic carbocycles. The van der Waals surface area contributed by atoms with Crippen molar-refractivity contribution in [3.05, 3.63) is 90.4 Å². The van der Waals surface area contributed by atoms with Crippen LogP contribution >= 0.6 is 11.5 Å². The fraction of sp³-hybridized carbons (Fsp3) is 0. The summed E-state index contributed by atoms with van der Waals surface area (Å²) < 4.78 is 6.57. The molecule has 0 saturated heterocycles. The van der Waals surface area contributed by atoms with Crippen molar-refractivity contribution in [3.63, 3.8) is 0 Å². The normalized spacial score (nSPS) is 11.2. The third kappa shape index (κ3) is 2.82. The topological polar surface area (TPSA) is 30.2 Å². The molecule has 0 atom stereocenters. The second kappa shape index (κ2) is 7.20. The summed E-state index contributed by atoms with van der Waals surface area (Å²) in [5.74, 6) is 0. The van der Waals surface area contributed by atoms with Crippen LogP contribution < -0.4 is 0 Å². The molecular formula is C24H14IrN3S-. The van der Waals surface area contributed by atoms with Crippen molar-refractivity contribution in [2.24, 2.45) is 0 Å². The summed E-state index contributed by atoms with van der Waals surface area (Å²) in [6.45, 7) is 0. The smallest absolute Gasteiger partial charge is 0.0711 e. The van der Waals surface area contributed by atoms with Gasteiger partial charge < -0.3 is 0 Å². The van der Waals surface area contributed by atoms with E-state index in [1.807, 2.05) is 28.2 Å². The fourth-order valence-corrected chi connectivity index (χ4v) is 4.49. The molecule has 0 fully saturated rings. The number of rotatable bonds is 2. The average Bonchev–Trinajstić information content (AvgIpc) is 3.46. The molecule has 5 heteroatoms. The van der Waals surface area contributed by atoms with Gasteiger partial charge in [0.1, 0.15) is 0 Å². The van der Waals surface area contributed by atoms with Crippen molar-refractivity contribution in [2.45, 2.75) is 0 Å². The van der Waals surface area contributed by atoms with Crippen LogP contribution in [0.4, 0.5) is 0 Å². The molecule has 3 nitrogen and oxygen atoms in total. The van der Waals surface area contributed by atoms with Crippen LogP contribution in [0.2, 0.25) is 0 Å². The molecule has 0 bridgehead atoms. The minimum absolute atomic E-state index is 0. The SMILES string of the molecule is [Ir].[c-]1ccc(-c2ccsn2)c2c3cc(-c4ccccc4)ccc3c3ccnn3c12. The maximum atomic E-state index is 4.59. The maximum Gasteiger partial charge on any atom is 0.0711 e. The zero-order valence-electron chi connectivity index (χ0n) is 15.2. The second-order valence-electron chi connectivity index (χ2n) is 6.75.